The summed E-state index contributed by atoms with van der Waals surface area (Å²) in [5.41, 5.74) is -4.09. The molecule has 2 aliphatic heterocycles. The Kier molecular flexibility index (Phi) is 5.06. The summed E-state index contributed by atoms with van der Waals surface area (Å²) in [5, 5.41) is 0. The Balaban J connectivity index is 1.88. The molecule has 0 radical (unpaired) electrons. The third kappa shape index (κ3) is 4.26. The second-order valence-corrected chi connectivity index (χ2v) is 7.05. The molecule has 2 nitrogen and oxygen atoms in total. The lowest BCUT2D eigenvalue weighted by molar-refractivity contribution is -0.0331. The maximum Gasteiger partial charge on any atom is 0.441 e. The van der Waals surface area contributed by atoms with Crippen LogP contribution in [0.3, 0.4) is 0 Å². The van der Waals surface area contributed by atoms with Gasteiger partial charge in [0.25, 0.3) is 0 Å². The number of thioether (sulfide) groups is 1. The SMILES string of the molecule is CC(C)C1CN2CCCC2CN1CCSC(F)(F)F. The quantitative estimate of drug-likeness (QED) is 0.787. The first-order valence-electron chi connectivity index (χ1n) is 7.05. The lowest BCUT2D eigenvalue weighted by Gasteiger charge is -2.45. The topological polar surface area (TPSA) is 6.48 Å². The first kappa shape index (κ1) is 15.4. The molecule has 2 unspecified atom stereocenters. The predicted octanol–water partition coefficient (Wildman–Crippen LogP) is 3.04. The minimum absolute atomic E-state index is 0.111. The molecule has 0 saturated carbocycles. The van der Waals surface area contributed by atoms with Gasteiger partial charge in [-0.3, -0.25) is 9.80 Å². The number of rotatable bonds is 4. The van der Waals surface area contributed by atoms with Crippen LogP contribution in [0.15, 0.2) is 0 Å². The van der Waals surface area contributed by atoms with Crippen molar-refractivity contribution in [1.82, 2.24) is 9.80 Å². The standard InChI is InChI=1S/C13H23F3N2S/c1-10(2)12-9-17-5-3-4-11(17)8-18(12)6-7-19-13(14,15)16/h10-12H,3-9H2,1-2H3. The summed E-state index contributed by atoms with van der Waals surface area (Å²) in [4.78, 5) is 4.81. The van der Waals surface area contributed by atoms with Crippen molar-refractivity contribution >= 4 is 11.8 Å². The fraction of sp³-hybridized carbons (Fsp3) is 1.00. The van der Waals surface area contributed by atoms with E-state index in [4.69, 9.17) is 0 Å². The van der Waals surface area contributed by atoms with Gasteiger partial charge in [-0.05, 0) is 37.1 Å². The number of piperazine rings is 1. The zero-order valence-corrected chi connectivity index (χ0v) is 12.4. The van der Waals surface area contributed by atoms with Crippen LogP contribution >= 0.6 is 11.8 Å². The van der Waals surface area contributed by atoms with E-state index in [1.165, 1.54) is 19.4 Å². The van der Waals surface area contributed by atoms with Crippen LogP contribution in [0.5, 0.6) is 0 Å². The highest BCUT2D eigenvalue weighted by Crippen LogP contribution is 2.32. The van der Waals surface area contributed by atoms with Crippen LogP contribution in [0.25, 0.3) is 0 Å². The second-order valence-electron chi connectivity index (χ2n) is 5.89. The summed E-state index contributed by atoms with van der Waals surface area (Å²) in [5.74, 6) is 0.650. The van der Waals surface area contributed by atoms with E-state index in [1.807, 2.05) is 0 Å². The average molecular weight is 296 g/mol. The lowest BCUT2D eigenvalue weighted by Crippen LogP contribution is -2.58. The van der Waals surface area contributed by atoms with E-state index in [0.29, 0.717) is 24.5 Å². The van der Waals surface area contributed by atoms with Gasteiger partial charge < -0.3 is 0 Å². The van der Waals surface area contributed by atoms with Gasteiger partial charge in [-0.2, -0.15) is 13.2 Å². The third-order valence-corrected chi connectivity index (χ3v) is 4.96. The Labute approximate surface area is 117 Å². The maximum atomic E-state index is 12.2. The highest BCUT2D eigenvalue weighted by atomic mass is 32.2. The second kappa shape index (κ2) is 6.22. The van der Waals surface area contributed by atoms with Crippen molar-refractivity contribution in [3.8, 4) is 0 Å². The van der Waals surface area contributed by atoms with E-state index >= 15 is 0 Å². The molecule has 0 amide bonds. The van der Waals surface area contributed by atoms with Crippen LogP contribution in [0, 0.1) is 5.92 Å². The third-order valence-electron chi connectivity index (χ3n) is 4.25. The highest BCUT2D eigenvalue weighted by molar-refractivity contribution is 8.00. The Bertz CT molecular complexity index is 296. The first-order chi connectivity index (χ1) is 8.87. The molecule has 2 heterocycles. The number of fused-ring (bicyclic) bond motifs is 1. The Morgan fingerprint density at radius 3 is 2.63 bits per heavy atom. The maximum absolute atomic E-state index is 12.2. The van der Waals surface area contributed by atoms with Crippen LogP contribution in [-0.4, -0.2) is 59.3 Å². The molecule has 0 bridgehead atoms. The molecule has 2 aliphatic rings. The molecule has 0 spiro atoms. The van der Waals surface area contributed by atoms with E-state index in [9.17, 15) is 13.2 Å². The number of hydrogen-bond acceptors (Lipinski definition) is 3. The number of nitrogens with zero attached hydrogens (tertiary/aromatic N) is 2. The molecule has 0 aliphatic carbocycles. The molecule has 0 N–H and O–H groups in total. The minimum atomic E-state index is -4.09. The highest BCUT2D eigenvalue weighted by Gasteiger charge is 2.37. The Morgan fingerprint density at radius 2 is 2.00 bits per heavy atom. The molecule has 112 valence electrons. The van der Waals surface area contributed by atoms with Gasteiger partial charge in [0.1, 0.15) is 0 Å². The van der Waals surface area contributed by atoms with Crippen molar-refractivity contribution in [1.29, 1.82) is 0 Å². The van der Waals surface area contributed by atoms with Crippen LogP contribution in [0.4, 0.5) is 13.2 Å². The summed E-state index contributed by atoms with van der Waals surface area (Å²) in [7, 11) is 0. The van der Waals surface area contributed by atoms with Crippen molar-refractivity contribution in [2.24, 2.45) is 5.92 Å². The molecule has 2 saturated heterocycles. The van der Waals surface area contributed by atoms with Gasteiger partial charge in [0.2, 0.25) is 0 Å². The van der Waals surface area contributed by atoms with Gasteiger partial charge in [0.05, 0.1) is 0 Å². The molecule has 6 heteroatoms. The smallest absolute Gasteiger partial charge is 0.298 e. The molecule has 2 rings (SSSR count). The van der Waals surface area contributed by atoms with E-state index < -0.39 is 5.51 Å². The zero-order valence-electron chi connectivity index (χ0n) is 11.6. The molecular formula is C13H23F3N2S. The van der Waals surface area contributed by atoms with Gasteiger partial charge in [-0.25, -0.2) is 0 Å². The van der Waals surface area contributed by atoms with Gasteiger partial charge in [0, 0.05) is 37.5 Å². The summed E-state index contributed by atoms with van der Waals surface area (Å²) < 4.78 is 36.7. The summed E-state index contributed by atoms with van der Waals surface area (Å²) in [6.45, 7) is 8.03. The Morgan fingerprint density at radius 1 is 1.26 bits per heavy atom. The van der Waals surface area contributed by atoms with Gasteiger partial charge in [-0.1, -0.05) is 13.8 Å². The molecule has 2 fully saturated rings. The van der Waals surface area contributed by atoms with Crippen molar-refractivity contribution in [2.75, 3.05) is 31.9 Å². The predicted molar refractivity (Wildman–Crippen MR) is 73.3 cm³/mol. The lowest BCUT2D eigenvalue weighted by atomic mass is 9.97. The summed E-state index contributed by atoms with van der Waals surface area (Å²) >= 11 is 0.111. The normalized spacial score (nSPS) is 30.0. The van der Waals surface area contributed by atoms with Gasteiger partial charge in [0.15, 0.2) is 0 Å². The molecule has 0 aromatic heterocycles. The number of halogens is 3. The van der Waals surface area contributed by atoms with Gasteiger partial charge >= 0.3 is 5.51 Å². The Hall–Kier alpha value is 0.0600. The molecule has 0 aromatic rings. The molecule has 2 atom stereocenters. The van der Waals surface area contributed by atoms with E-state index in [-0.39, 0.29) is 17.5 Å². The largest absolute Gasteiger partial charge is 0.441 e. The molecule has 19 heavy (non-hydrogen) atoms. The fourth-order valence-electron chi connectivity index (χ4n) is 3.27. The zero-order chi connectivity index (χ0) is 14.0. The summed E-state index contributed by atoms with van der Waals surface area (Å²) in [6, 6.07) is 0.981. The number of hydrogen-bond donors (Lipinski definition) is 0. The van der Waals surface area contributed by atoms with E-state index in [0.717, 1.165) is 13.1 Å². The van der Waals surface area contributed by atoms with Gasteiger partial charge in [-0.15, -0.1) is 0 Å². The number of alkyl halides is 3. The van der Waals surface area contributed by atoms with Crippen LogP contribution in [0.1, 0.15) is 26.7 Å². The first-order valence-corrected chi connectivity index (χ1v) is 8.04. The minimum Gasteiger partial charge on any atom is -0.298 e. The van der Waals surface area contributed by atoms with Crippen molar-refractivity contribution in [2.45, 2.75) is 44.3 Å². The van der Waals surface area contributed by atoms with E-state index in [2.05, 4.69) is 23.6 Å². The van der Waals surface area contributed by atoms with Crippen molar-refractivity contribution < 1.29 is 13.2 Å². The van der Waals surface area contributed by atoms with Crippen LogP contribution < -0.4 is 0 Å². The van der Waals surface area contributed by atoms with E-state index in [1.54, 1.807) is 0 Å². The van der Waals surface area contributed by atoms with Crippen LogP contribution in [0.2, 0.25) is 0 Å². The molecular weight excluding hydrogens is 273 g/mol. The monoisotopic (exact) mass is 296 g/mol. The average Bonchev–Trinajstić information content (AvgIpc) is 2.72. The fourth-order valence-corrected chi connectivity index (χ4v) is 3.83. The van der Waals surface area contributed by atoms with Crippen LogP contribution in [-0.2, 0) is 0 Å². The van der Waals surface area contributed by atoms with Crippen molar-refractivity contribution in [3.63, 3.8) is 0 Å². The van der Waals surface area contributed by atoms with Crippen molar-refractivity contribution in [3.05, 3.63) is 0 Å². The summed E-state index contributed by atoms with van der Waals surface area (Å²) in [6.07, 6.45) is 2.44. The molecule has 0 aromatic carbocycles.